The van der Waals surface area contributed by atoms with Crippen molar-refractivity contribution >= 4 is 39.1 Å². The lowest BCUT2D eigenvalue weighted by Gasteiger charge is -2.20. The van der Waals surface area contributed by atoms with Crippen LogP contribution >= 0.6 is 27.3 Å². The topological polar surface area (TPSA) is 49.4 Å². The summed E-state index contributed by atoms with van der Waals surface area (Å²) in [5, 5.41) is 2.79. The van der Waals surface area contributed by atoms with Gasteiger partial charge in [0.15, 0.2) is 0 Å². The first kappa shape index (κ1) is 16.2. The Balaban J connectivity index is 2.66. The molecule has 1 rings (SSSR count). The fourth-order valence-electron chi connectivity index (χ4n) is 1.60. The highest BCUT2D eigenvalue weighted by molar-refractivity contribution is 9.11. The molecule has 0 aliphatic heterocycles. The predicted molar refractivity (Wildman–Crippen MR) is 81.5 cm³/mol. The summed E-state index contributed by atoms with van der Waals surface area (Å²) < 4.78 is 0.919. The predicted octanol–water partition coefficient (Wildman–Crippen LogP) is 2.89. The number of nitrogens with zero attached hydrogens (tertiary/aromatic N) is 1. The lowest BCUT2D eigenvalue weighted by molar-refractivity contribution is -0.121. The van der Waals surface area contributed by atoms with E-state index < -0.39 is 0 Å². The Bertz CT molecular complexity index is 434. The van der Waals surface area contributed by atoms with Crippen LogP contribution in [-0.4, -0.2) is 36.3 Å². The number of amides is 2. The van der Waals surface area contributed by atoms with Crippen molar-refractivity contribution in [3.05, 3.63) is 20.8 Å². The minimum atomic E-state index is -0.0979. The molecular weight excluding hydrogens is 328 g/mol. The van der Waals surface area contributed by atoms with Crippen LogP contribution < -0.4 is 5.32 Å². The first-order valence-corrected chi connectivity index (χ1v) is 8.00. The molecule has 19 heavy (non-hydrogen) atoms. The number of hydrogen-bond donors (Lipinski definition) is 1. The fraction of sp³-hybridized carbons (Fsp3) is 0.538. The minimum Gasteiger partial charge on any atom is -0.355 e. The van der Waals surface area contributed by atoms with Crippen molar-refractivity contribution in [2.45, 2.75) is 26.7 Å². The highest BCUT2D eigenvalue weighted by Gasteiger charge is 2.19. The minimum absolute atomic E-state index is 0.0794. The molecule has 0 atom stereocenters. The van der Waals surface area contributed by atoms with E-state index in [0.29, 0.717) is 18.0 Å². The number of nitrogens with one attached hydrogen (secondary N) is 1. The lowest BCUT2D eigenvalue weighted by Crippen LogP contribution is -2.41. The summed E-state index contributed by atoms with van der Waals surface area (Å²) in [7, 11) is 0. The van der Waals surface area contributed by atoms with Crippen molar-refractivity contribution in [2.75, 3.05) is 19.6 Å². The monoisotopic (exact) mass is 346 g/mol. The molecule has 1 aromatic rings. The Kier molecular flexibility index (Phi) is 7.09. The van der Waals surface area contributed by atoms with Gasteiger partial charge in [0.1, 0.15) is 0 Å². The zero-order valence-electron chi connectivity index (χ0n) is 11.2. The van der Waals surface area contributed by atoms with E-state index in [9.17, 15) is 9.59 Å². The van der Waals surface area contributed by atoms with Crippen molar-refractivity contribution in [1.82, 2.24) is 10.2 Å². The molecule has 1 N–H and O–H groups in total. The van der Waals surface area contributed by atoms with E-state index in [0.717, 1.165) is 16.6 Å². The molecule has 0 aliphatic carbocycles. The first-order chi connectivity index (χ1) is 9.08. The molecule has 0 aliphatic rings. The smallest absolute Gasteiger partial charge is 0.264 e. The molecule has 2 amide bonds. The Labute approximate surface area is 126 Å². The molecule has 0 radical (unpaired) electrons. The second kappa shape index (κ2) is 8.32. The van der Waals surface area contributed by atoms with E-state index in [1.807, 2.05) is 19.9 Å². The Hall–Kier alpha value is -0.880. The van der Waals surface area contributed by atoms with Crippen LogP contribution in [-0.2, 0) is 4.79 Å². The quantitative estimate of drug-likeness (QED) is 0.825. The van der Waals surface area contributed by atoms with Gasteiger partial charge in [-0.3, -0.25) is 9.59 Å². The van der Waals surface area contributed by atoms with Crippen LogP contribution in [0.1, 0.15) is 36.4 Å². The van der Waals surface area contributed by atoms with Gasteiger partial charge >= 0.3 is 0 Å². The molecule has 0 bridgehead atoms. The van der Waals surface area contributed by atoms with Gasteiger partial charge < -0.3 is 10.2 Å². The summed E-state index contributed by atoms with van der Waals surface area (Å²) in [5.74, 6) is -0.177. The van der Waals surface area contributed by atoms with Gasteiger partial charge in [0, 0.05) is 13.1 Å². The average molecular weight is 347 g/mol. The normalized spacial score (nSPS) is 10.3. The molecule has 6 heteroatoms. The van der Waals surface area contributed by atoms with Crippen LogP contribution in [0.2, 0.25) is 0 Å². The molecule has 0 spiro atoms. The van der Waals surface area contributed by atoms with Gasteiger partial charge in [0.05, 0.1) is 15.2 Å². The summed E-state index contributed by atoms with van der Waals surface area (Å²) in [6, 6.07) is 3.63. The van der Waals surface area contributed by atoms with Crippen LogP contribution in [0.15, 0.2) is 15.9 Å². The van der Waals surface area contributed by atoms with Crippen molar-refractivity contribution in [2.24, 2.45) is 0 Å². The van der Waals surface area contributed by atoms with Gasteiger partial charge in [-0.1, -0.05) is 13.8 Å². The van der Waals surface area contributed by atoms with Crippen molar-refractivity contribution in [1.29, 1.82) is 0 Å². The van der Waals surface area contributed by atoms with E-state index in [1.165, 1.54) is 11.3 Å². The summed E-state index contributed by atoms with van der Waals surface area (Å²) in [5.41, 5.74) is 0. The van der Waals surface area contributed by atoms with Gasteiger partial charge in [0.25, 0.3) is 5.91 Å². The number of carbonyl (C=O) groups excluding carboxylic acids is 2. The van der Waals surface area contributed by atoms with Crippen LogP contribution in [0, 0.1) is 0 Å². The maximum atomic E-state index is 12.3. The average Bonchev–Trinajstić information content (AvgIpc) is 2.81. The van der Waals surface area contributed by atoms with Crippen LogP contribution in [0.25, 0.3) is 0 Å². The second-order valence-electron chi connectivity index (χ2n) is 4.18. The standard InChI is InChI=1S/C13H19BrN2O2S/c1-3-7-15-12(17)9-16(8-4-2)13(18)10-5-6-11(14)19-10/h5-6H,3-4,7-9H2,1-2H3,(H,15,17). The SMILES string of the molecule is CCCNC(=O)CN(CCC)C(=O)c1ccc(Br)s1. The fourth-order valence-corrected chi connectivity index (χ4v) is 2.96. The summed E-state index contributed by atoms with van der Waals surface area (Å²) in [6.45, 7) is 5.36. The second-order valence-corrected chi connectivity index (χ2v) is 6.64. The maximum Gasteiger partial charge on any atom is 0.264 e. The summed E-state index contributed by atoms with van der Waals surface area (Å²) in [6.07, 6.45) is 1.73. The van der Waals surface area contributed by atoms with E-state index in [1.54, 1.807) is 11.0 Å². The van der Waals surface area contributed by atoms with Gasteiger partial charge in [-0.2, -0.15) is 0 Å². The number of carbonyl (C=O) groups is 2. The maximum absolute atomic E-state index is 12.3. The van der Waals surface area contributed by atoms with Crippen LogP contribution in [0.5, 0.6) is 0 Å². The first-order valence-electron chi connectivity index (χ1n) is 6.39. The van der Waals surface area contributed by atoms with E-state index >= 15 is 0 Å². The van der Waals surface area contributed by atoms with Gasteiger partial charge in [0.2, 0.25) is 5.91 Å². The molecule has 1 heterocycles. The number of thiophene rings is 1. The van der Waals surface area contributed by atoms with Crippen molar-refractivity contribution < 1.29 is 9.59 Å². The summed E-state index contributed by atoms with van der Waals surface area (Å²) >= 11 is 4.73. The summed E-state index contributed by atoms with van der Waals surface area (Å²) in [4.78, 5) is 26.3. The van der Waals surface area contributed by atoms with E-state index in [4.69, 9.17) is 0 Å². The van der Waals surface area contributed by atoms with Gasteiger partial charge in [-0.05, 0) is 40.9 Å². The molecule has 0 saturated carbocycles. The number of hydrogen-bond acceptors (Lipinski definition) is 3. The third-order valence-corrected chi connectivity index (χ3v) is 4.08. The molecule has 0 saturated heterocycles. The van der Waals surface area contributed by atoms with E-state index in [-0.39, 0.29) is 18.4 Å². The third kappa shape index (κ3) is 5.32. The number of halogens is 1. The Morgan fingerprint density at radius 3 is 2.58 bits per heavy atom. The molecule has 0 fully saturated rings. The zero-order valence-corrected chi connectivity index (χ0v) is 13.6. The lowest BCUT2D eigenvalue weighted by atomic mass is 10.3. The molecule has 106 valence electrons. The van der Waals surface area contributed by atoms with Gasteiger partial charge in [-0.25, -0.2) is 0 Å². The molecule has 0 aromatic carbocycles. The highest BCUT2D eigenvalue weighted by atomic mass is 79.9. The highest BCUT2D eigenvalue weighted by Crippen LogP contribution is 2.23. The van der Waals surface area contributed by atoms with Crippen molar-refractivity contribution in [3.63, 3.8) is 0 Å². The Morgan fingerprint density at radius 2 is 2.05 bits per heavy atom. The third-order valence-electron chi connectivity index (χ3n) is 2.47. The molecular formula is C13H19BrN2O2S. The zero-order chi connectivity index (χ0) is 14.3. The largest absolute Gasteiger partial charge is 0.355 e. The molecule has 4 nitrogen and oxygen atoms in total. The van der Waals surface area contributed by atoms with Crippen molar-refractivity contribution in [3.8, 4) is 0 Å². The Morgan fingerprint density at radius 1 is 1.32 bits per heavy atom. The van der Waals surface area contributed by atoms with E-state index in [2.05, 4.69) is 21.2 Å². The molecule has 0 unspecified atom stereocenters. The van der Waals surface area contributed by atoms with Crippen LogP contribution in [0.3, 0.4) is 0 Å². The van der Waals surface area contributed by atoms with Gasteiger partial charge in [-0.15, -0.1) is 11.3 Å². The number of rotatable bonds is 7. The van der Waals surface area contributed by atoms with Crippen LogP contribution in [0.4, 0.5) is 0 Å². The molecule has 1 aromatic heterocycles.